The Balaban J connectivity index is 0.000000371. The summed E-state index contributed by atoms with van der Waals surface area (Å²) < 4.78 is 1.23. The predicted octanol–water partition coefficient (Wildman–Crippen LogP) is 3.32. The van der Waals surface area contributed by atoms with Crippen molar-refractivity contribution in [2.75, 3.05) is 0 Å². The molecule has 3 heteroatoms. The van der Waals surface area contributed by atoms with Crippen LogP contribution in [0.1, 0.15) is 5.56 Å². The molecular formula is C7H6BrIZn. The van der Waals surface area contributed by atoms with Gasteiger partial charge in [0.2, 0.25) is 0 Å². The molecule has 0 atom stereocenters. The van der Waals surface area contributed by atoms with Crippen molar-refractivity contribution in [3.63, 3.8) is 0 Å². The first-order chi connectivity index (χ1) is 4.80. The second kappa shape index (κ2) is 6.62. The van der Waals surface area contributed by atoms with Crippen LogP contribution in [0.5, 0.6) is 0 Å². The van der Waals surface area contributed by atoms with Gasteiger partial charge < -0.3 is 0 Å². The molecule has 0 fully saturated rings. The van der Waals surface area contributed by atoms with Gasteiger partial charge in [0.25, 0.3) is 0 Å². The van der Waals surface area contributed by atoms with Gasteiger partial charge in [0, 0.05) is 0 Å². The summed E-state index contributed by atoms with van der Waals surface area (Å²) in [6.45, 7) is 3.81. The number of halogens is 2. The summed E-state index contributed by atoms with van der Waals surface area (Å²) in [5, 5.41) is 0. The van der Waals surface area contributed by atoms with E-state index in [9.17, 15) is 0 Å². The van der Waals surface area contributed by atoms with E-state index in [1.54, 1.807) is 0 Å². The van der Waals surface area contributed by atoms with Gasteiger partial charge in [0.1, 0.15) is 0 Å². The normalized spacial score (nSPS) is 8.00. The SMILES string of the molecule is [CH2-]c1ccccc1I.[Zn+][Br]. The van der Waals surface area contributed by atoms with Crippen LogP contribution in [0.4, 0.5) is 0 Å². The second-order valence-electron chi connectivity index (χ2n) is 1.59. The molecule has 10 heavy (non-hydrogen) atoms. The van der Waals surface area contributed by atoms with Crippen LogP contribution >= 0.6 is 36.2 Å². The van der Waals surface area contributed by atoms with E-state index in [0.29, 0.717) is 0 Å². The minimum absolute atomic E-state index is 1.10. The van der Waals surface area contributed by atoms with Gasteiger partial charge in [-0.1, -0.05) is 9.64 Å². The Morgan fingerprint density at radius 3 is 2.10 bits per heavy atom. The predicted molar refractivity (Wildman–Crippen MR) is 52.5 cm³/mol. The molecule has 0 N–H and O–H groups in total. The van der Waals surface area contributed by atoms with Crippen LogP contribution in [0.25, 0.3) is 0 Å². The fraction of sp³-hybridized carbons (Fsp3) is 0. The first kappa shape index (κ1) is 10.9. The van der Waals surface area contributed by atoms with Gasteiger partial charge in [-0.15, -0.1) is 34.7 Å². The summed E-state index contributed by atoms with van der Waals surface area (Å²) in [7, 11) is 0. The maximum absolute atomic E-state index is 3.81. The zero-order valence-electron chi connectivity index (χ0n) is 5.48. The van der Waals surface area contributed by atoms with E-state index in [1.807, 2.05) is 24.3 Å². The molecule has 0 nitrogen and oxygen atoms in total. The Hall–Kier alpha value is 0.923. The van der Waals surface area contributed by atoms with Crippen LogP contribution in [-0.4, -0.2) is 0 Å². The van der Waals surface area contributed by atoms with Crippen molar-refractivity contribution in [1.29, 1.82) is 0 Å². The van der Waals surface area contributed by atoms with E-state index in [-0.39, 0.29) is 0 Å². The molecule has 0 spiro atoms. The molecule has 0 bridgehead atoms. The van der Waals surface area contributed by atoms with E-state index >= 15 is 0 Å². The third-order valence-corrected chi connectivity index (χ3v) is 2.01. The molecular weight excluding hydrogens is 356 g/mol. The van der Waals surface area contributed by atoms with Gasteiger partial charge in [-0.2, -0.15) is 18.6 Å². The minimum atomic E-state index is 1.10. The summed E-state index contributed by atoms with van der Waals surface area (Å²) in [6.07, 6.45) is 0. The Morgan fingerprint density at radius 2 is 1.80 bits per heavy atom. The van der Waals surface area contributed by atoms with Gasteiger partial charge in [0.15, 0.2) is 0 Å². The molecule has 1 aromatic rings. The van der Waals surface area contributed by atoms with Crippen LogP contribution in [0.15, 0.2) is 24.3 Å². The molecule has 0 aromatic heterocycles. The Labute approximate surface area is 92.0 Å². The van der Waals surface area contributed by atoms with Gasteiger partial charge >= 0.3 is 30.0 Å². The number of hydrogen-bond donors (Lipinski definition) is 0. The van der Waals surface area contributed by atoms with Crippen LogP contribution < -0.4 is 0 Å². The molecule has 0 radical (unpaired) electrons. The maximum atomic E-state index is 3.81. The van der Waals surface area contributed by atoms with Gasteiger partial charge in [-0.05, 0) is 0 Å². The number of rotatable bonds is 0. The van der Waals surface area contributed by atoms with Crippen LogP contribution in [-0.2, 0) is 16.3 Å². The van der Waals surface area contributed by atoms with Crippen molar-refractivity contribution in [3.8, 4) is 0 Å². The second-order valence-corrected chi connectivity index (χ2v) is 2.75. The van der Waals surface area contributed by atoms with Crippen molar-refractivity contribution < 1.29 is 16.3 Å². The molecule has 0 aliphatic heterocycles. The molecule has 1 rings (SSSR count). The standard InChI is InChI=1S/C7H6I.BrH.Zn/c1-6-4-2-3-5-7(6)8;;/h2-5H,1H2;1H;/q-1;;+2/p-1. The van der Waals surface area contributed by atoms with Crippen LogP contribution in [0.2, 0.25) is 0 Å². The molecule has 0 unspecified atom stereocenters. The molecule has 0 saturated heterocycles. The molecule has 0 aliphatic rings. The van der Waals surface area contributed by atoms with Gasteiger partial charge in [-0.3, -0.25) is 0 Å². The van der Waals surface area contributed by atoms with Crippen LogP contribution in [0, 0.1) is 10.5 Å². The fourth-order valence-corrected chi connectivity index (χ4v) is 0.886. The first-order valence-electron chi connectivity index (χ1n) is 2.64. The third-order valence-electron chi connectivity index (χ3n) is 0.958. The average molecular weight is 362 g/mol. The van der Waals surface area contributed by atoms with Gasteiger partial charge in [-0.25, -0.2) is 0 Å². The molecule has 50 valence electrons. The van der Waals surface area contributed by atoms with Crippen molar-refractivity contribution in [1.82, 2.24) is 0 Å². The van der Waals surface area contributed by atoms with Crippen molar-refractivity contribution >= 4 is 36.2 Å². The Bertz CT molecular complexity index is 170. The molecule has 0 aliphatic carbocycles. The number of benzene rings is 1. The summed E-state index contributed by atoms with van der Waals surface area (Å²) in [4.78, 5) is 0. The van der Waals surface area contributed by atoms with Crippen molar-refractivity contribution in [2.24, 2.45) is 0 Å². The van der Waals surface area contributed by atoms with E-state index < -0.39 is 0 Å². The van der Waals surface area contributed by atoms with E-state index in [1.165, 1.54) is 19.9 Å². The van der Waals surface area contributed by atoms with E-state index in [0.717, 1.165) is 5.56 Å². The summed E-state index contributed by atoms with van der Waals surface area (Å²) in [6, 6.07) is 8.05. The molecule has 1 aromatic carbocycles. The molecule has 0 saturated carbocycles. The van der Waals surface area contributed by atoms with E-state index in [4.69, 9.17) is 0 Å². The Kier molecular flexibility index (Phi) is 7.23. The van der Waals surface area contributed by atoms with Crippen molar-refractivity contribution in [2.45, 2.75) is 0 Å². The van der Waals surface area contributed by atoms with Gasteiger partial charge in [0.05, 0.1) is 0 Å². The summed E-state index contributed by atoms with van der Waals surface area (Å²) >= 11 is 6.51. The zero-order valence-corrected chi connectivity index (χ0v) is 12.2. The zero-order chi connectivity index (χ0) is 7.98. The molecule has 0 amide bonds. The Morgan fingerprint density at radius 1 is 1.30 bits per heavy atom. The van der Waals surface area contributed by atoms with Crippen LogP contribution in [0.3, 0.4) is 0 Å². The topological polar surface area (TPSA) is 0 Å². The number of hydrogen-bond acceptors (Lipinski definition) is 0. The van der Waals surface area contributed by atoms with Crippen molar-refractivity contribution in [3.05, 3.63) is 40.3 Å². The monoisotopic (exact) mass is 360 g/mol. The molecule has 0 heterocycles. The fourth-order valence-electron chi connectivity index (χ4n) is 0.498. The third kappa shape index (κ3) is 3.94. The van der Waals surface area contributed by atoms with E-state index in [2.05, 4.69) is 43.1 Å². The quantitative estimate of drug-likeness (QED) is 0.377. The average Bonchev–Trinajstić information content (AvgIpc) is 2.00. The summed E-state index contributed by atoms with van der Waals surface area (Å²) in [5.74, 6) is 0. The summed E-state index contributed by atoms with van der Waals surface area (Å²) in [5.41, 5.74) is 1.10. The first-order valence-corrected chi connectivity index (χ1v) is 10.7.